The molecule has 1 amide bonds. The second-order valence-corrected chi connectivity index (χ2v) is 7.00. The third kappa shape index (κ3) is 3.01. The molecule has 1 saturated heterocycles. The number of carbonyl (C=O) groups excluding carboxylic acids is 1. The van der Waals surface area contributed by atoms with Crippen molar-refractivity contribution >= 4 is 27.5 Å². The number of rotatable bonds is 5. The Morgan fingerprint density at radius 3 is 3.08 bits per heavy atom. The lowest BCUT2D eigenvalue weighted by molar-refractivity contribution is -0.132. The van der Waals surface area contributed by atoms with E-state index in [9.17, 15) is 4.79 Å². The molecular weight excluding hydrogens is 324 g/mol. The highest BCUT2D eigenvalue weighted by Gasteiger charge is 2.31. The van der Waals surface area contributed by atoms with E-state index in [1.807, 2.05) is 23.1 Å². The van der Waals surface area contributed by atoms with E-state index in [1.54, 1.807) is 22.3 Å². The molecule has 4 rings (SSSR count). The average molecular weight is 342 g/mol. The molecule has 1 aliphatic rings. The molecule has 124 valence electrons. The molecule has 0 bridgehead atoms. The zero-order valence-electron chi connectivity index (χ0n) is 13.2. The maximum atomic E-state index is 12.6. The van der Waals surface area contributed by atoms with Crippen LogP contribution in [0.25, 0.3) is 10.2 Å². The fraction of sp³-hybridized carbons (Fsp3) is 0.438. The summed E-state index contributed by atoms with van der Waals surface area (Å²) in [5.41, 5.74) is 1.02. The van der Waals surface area contributed by atoms with Crippen LogP contribution in [0, 0.1) is 0 Å². The molecule has 0 aliphatic carbocycles. The maximum Gasteiger partial charge on any atom is 0.223 e. The van der Waals surface area contributed by atoms with E-state index in [2.05, 4.69) is 21.6 Å². The van der Waals surface area contributed by atoms with Crippen molar-refractivity contribution in [3.05, 3.63) is 35.6 Å². The van der Waals surface area contributed by atoms with Gasteiger partial charge in [-0.15, -0.1) is 16.4 Å². The van der Waals surface area contributed by atoms with Crippen LogP contribution in [0.15, 0.2) is 30.6 Å². The summed E-state index contributed by atoms with van der Waals surface area (Å²) in [6.07, 6.45) is 4.87. The third-order valence-electron chi connectivity index (χ3n) is 4.34. The van der Waals surface area contributed by atoms with Crippen molar-refractivity contribution in [2.45, 2.75) is 38.3 Å². The van der Waals surface area contributed by atoms with Crippen LogP contribution in [-0.4, -0.2) is 42.5 Å². The van der Waals surface area contributed by atoms with Crippen LogP contribution >= 0.6 is 11.3 Å². The molecule has 8 heteroatoms. The minimum Gasteiger partial charge on any atom is -0.333 e. The molecule has 2 aromatic heterocycles. The molecule has 0 spiro atoms. The molecule has 0 N–H and O–H groups in total. The minimum absolute atomic E-state index is 0.128. The van der Waals surface area contributed by atoms with Crippen molar-refractivity contribution < 1.29 is 4.79 Å². The van der Waals surface area contributed by atoms with E-state index in [0.29, 0.717) is 13.0 Å². The summed E-state index contributed by atoms with van der Waals surface area (Å²) in [5.74, 6) is 0.199. The average Bonchev–Trinajstić information content (AvgIpc) is 3.33. The van der Waals surface area contributed by atoms with Gasteiger partial charge in [-0.05, 0) is 41.8 Å². The number of aromatic nitrogens is 5. The highest BCUT2D eigenvalue weighted by molar-refractivity contribution is 7.18. The zero-order chi connectivity index (χ0) is 16.4. The Morgan fingerprint density at radius 1 is 1.33 bits per heavy atom. The number of nitrogens with zero attached hydrogens (tertiary/aromatic N) is 6. The molecule has 3 aromatic rings. The van der Waals surface area contributed by atoms with Gasteiger partial charge in [0.2, 0.25) is 5.91 Å². The highest BCUT2D eigenvalue weighted by atomic mass is 32.1. The number of carbonyl (C=O) groups is 1. The molecule has 0 saturated carbocycles. The number of likely N-dealkylation sites (tertiary alicyclic amines) is 1. The van der Waals surface area contributed by atoms with Crippen LogP contribution in [0.3, 0.4) is 0 Å². The SMILES string of the molecule is O=C(CCCn1cnnn1)N1CCC[C@@H]1c1nc2ccccc2s1. The van der Waals surface area contributed by atoms with Crippen molar-refractivity contribution in [3.8, 4) is 0 Å². The number of aryl methyl sites for hydroxylation is 1. The van der Waals surface area contributed by atoms with Gasteiger partial charge in [0.1, 0.15) is 11.3 Å². The lowest BCUT2D eigenvalue weighted by Crippen LogP contribution is -2.30. The Morgan fingerprint density at radius 2 is 2.25 bits per heavy atom. The number of thiazole rings is 1. The number of fused-ring (bicyclic) bond motifs is 1. The Bertz CT molecular complexity index is 797. The van der Waals surface area contributed by atoms with E-state index in [1.165, 1.54) is 4.70 Å². The Labute approximate surface area is 143 Å². The number of amides is 1. The number of para-hydroxylation sites is 1. The smallest absolute Gasteiger partial charge is 0.223 e. The maximum absolute atomic E-state index is 12.6. The quantitative estimate of drug-likeness (QED) is 0.712. The predicted molar refractivity (Wildman–Crippen MR) is 90.4 cm³/mol. The number of hydrogen-bond donors (Lipinski definition) is 0. The molecule has 1 aromatic carbocycles. The van der Waals surface area contributed by atoms with Crippen molar-refractivity contribution in [1.29, 1.82) is 0 Å². The minimum atomic E-state index is 0.128. The van der Waals surface area contributed by atoms with Gasteiger partial charge in [0, 0.05) is 19.5 Å². The molecule has 1 atom stereocenters. The van der Waals surface area contributed by atoms with Gasteiger partial charge < -0.3 is 4.90 Å². The molecule has 7 nitrogen and oxygen atoms in total. The second kappa shape index (κ2) is 6.64. The normalized spacial score (nSPS) is 17.7. The third-order valence-corrected chi connectivity index (χ3v) is 5.48. The van der Waals surface area contributed by atoms with Gasteiger partial charge in [-0.2, -0.15) is 0 Å². The monoisotopic (exact) mass is 342 g/mol. The van der Waals surface area contributed by atoms with Crippen molar-refractivity contribution in [1.82, 2.24) is 30.1 Å². The number of hydrogen-bond acceptors (Lipinski definition) is 6. The number of tetrazole rings is 1. The van der Waals surface area contributed by atoms with Gasteiger partial charge in [-0.25, -0.2) is 9.67 Å². The van der Waals surface area contributed by atoms with Crippen LogP contribution in [0.1, 0.15) is 36.7 Å². The first-order chi connectivity index (χ1) is 11.8. The van der Waals surface area contributed by atoms with Crippen LogP contribution < -0.4 is 0 Å². The summed E-state index contributed by atoms with van der Waals surface area (Å²) in [7, 11) is 0. The Hall–Kier alpha value is -2.35. The standard InChI is InChI=1S/C16H18N6OS/c23-15(8-4-9-21-11-17-19-20-21)22-10-3-6-13(22)16-18-12-5-1-2-7-14(12)24-16/h1-2,5,7,11,13H,3-4,6,8-10H2/t13-/m1/s1. The summed E-state index contributed by atoms with van der Waals surface area (Å²) >= 11 is 1.70. The van der Waals surface area contributed by atoms with Gasteiger partial charge in [0.25, 0.3) is 0 Å². The van der Waals surface area contributed by atoms with Crippen LogP contribution in [0.2, 0.25) is 0 Å². The largest absolute Gasteiger partial charge is 0.333 e. The fourth-order valence-electron chi connectivity index (χ4n) is 3.17. The molecule has 3 heterocycles. The summed E-state index contributed by atoms with van der Waals surface area (Å²) < 4.78 is 2.84. The van der Waals surface area contributed by atoms with E-state index in [-0.39, 0.29) is 11.9 Å². The van der Waals surface area contributed by atoms with Gasteiger partial charge in [0.15, 0.2) is 0 Å². The van der Waals surface area contributed by atoms with Crippen molar-refractivity contribution in [2.24, 2.45) is 0 Å². The predicted octanol–water partition coefficient (Wildman–Crippen LogP) is 2.43. The highest BCUT2D eigenvalue weighted by Crippen LogP contribution is 2.36. The lowest BCUT2D eigenvalue weighted by atomic mass is 10.2. The summed E-state index contributed by atoms with van der Waals surface area (Å²) in [4.78, 5) is 19.4. The van der Waals surface area contributed by atoms with E-state index < -0.39 is 0 Å². The van der Waals surface area contributed by atoms with E-state index in [4.69, 9.17) is 4.98 Å². The summed E-state index contributed by atoms with van der Waals surface area (Å²) in [6.45, 7) is 1.49. The Balaban J connectivity index is 1.42. The zero-order valence-corrected chi connectivity index (χ0v) is 14.0. The topological polar surface area (TPSA) is 76.8 Å². The van der Waals surface area contributed by atoms with E-state index in [0.717, 1.165) is 36.3 Å². The first-order valence-electron chi connectivity index (χ1n) is 8.17. The van der Waals surface area contributed by atoms with Gasteiger partial charge in [0.05, 0.1) is 16.3 Å². The van der Waals surface area contributed by atoms with Crippen molar-refractivity contribution in [2.75, 3.05) is 6.54 Å². The molecule has 0 radical (unpaired) electrons. The van der Waals surface area contributed by atoms with Gasteiger partial charge >= 0.3 is 0 Å². The first-order valence-corrected chi connectivity index (χ1v) is 8.98. The Kier molecular flexibility index (Phi) is 4.20. The van der Waals surface area contributed by atoms with Crippen LogP contribution in [0.4, 0.5) is 0 Å². The first kappa shape index (κ1) is 15.2. The molecule has 1 fully saturated rings. The molecular formula is C16H18N6OS. The van der Waals surface area contributed by atoms with E-state index >= 15 is 0 Å². The van der Waals surface area contributed by atoms with Gasteiger partial charge in [-0.3, -0.25) is 4.79 Å². The van der Waals surface area contributed by atoms with Crippen LogP contribution in [0.5, 0.6) is 0 Å². The summed E-state index contributed by atoms with van der Waals surface area (Å²) in [5, 5.41) is 12.1. The second-order valence-electron chi connectivity index (χ2n) is 5.94. The van der Waals surface area contributed by atoms with Crippen LogP contribution in [-0.2, 0) is 11.3 Å². The molecule has 1 aliphatic heterocycles. The van der Waals surface area contributed by atoms with Gasteiger partial charge in [-0.1, -0.05) is 12.1 Å². The molecule has 0 unspecified atom stereocenters. The fourth-order valence-corrected chi connectivity index (χ4v) is 4.29. The number of benzene rings is 1. The lowest BCUT2D eigenvalue weighted by Gasteiger charge is -2.23. The molecule has 24 heavy (non-hydrogen) atoms. The van der Waals surface area contributed by atoms with Crippen molar-refractivity contribution in [3.63, 3.8) is 0 Å². The summed E-state index contributed by atoms with van der Waals surface area (Å²) in [6, 6.07) is 8.28.